The maximum absolute atomic E-state index is 10.7. The number of alkyl halides is 3. The van der Waals surface area contributed by atoms with Crippen LogP contribution in [0.15, 0.2) is 37.0 Å². The summed E-state index contributed by atoms with van der Waals surface area (Å²) in [6.45, 7) is 3.44. The summed E-state index contributed by atoms with van der Waals surface area (Å²) < 4.78 is 58.9. The van der Waals surface area contributed by atoms with Crippen LogP contribution in [0.1, 0.15) is 6.42 Å². The summed E-state index contributed by atoms with van der Waals surface area (Å²) in [5.41, 5.74) is -5.65. The van der Waals surface area contributed by atoms with Crippen LogP contribution in [-0.4, -0.2) is 18.5 Å². The van der Waals surface area contributed by atoms with E-state index in [2.05, 4.69) is 50.1 Å². The van der Waals surface area contributed by atoms with Gasteiger partial charge in [-0.05, 0) is 18.3 Å². The first-order valence-corrected chi connectivity index (χ1v) is 7.64. The molecule has 19 heavy (non-hydrogen) atoms. The monoisotopic (exact) mass is 388 g/mol. The molecule has 0 saturated heterocycles. The van der Waals surface area contributed by atoms with Crippen LogP contribution in [0.2, 0.25) is 4.89 Å². The van der Waals surface area contributed by atoms with Crippen LogP contribution in [0.5, 0.6) is 0 Å². The maximum Gasteiger partial charge on any atom is 0.485 e. The first-order chi connectivity index (χ1) is 8.61. The van der Waals surface area contributed by atoms with Gasteiger partial charge in [0, 0.05) is 0 Å². The largest absolute Gasteiger partial charge is 0.741 e. The molecule has 0 saturated carbocycles. The van der Waals surface area contributed by atoms with E-state index in [1.807, 2.05) is 6.08 Å². The quantitative estimate of drug-likeness (QED) is 0.300. The van der Waals surface area contributed by atoms with Gasteiger partial charge in [0.25, 0.3) is 0 Å². The van der Waals surface area contributed by atoms with Crippen molar-refractivity contribution in [2.75, 3.05) is 0 Å². The van der Waals surface area contributed by atoms with Crippen LogP contribution in [-0.2, 0) is 29.3 Å². The molecule has 0 aromatic rings. The Morgan fingerprint density at radius 3 is 1.58 bits per heavy atom. The molecule has 2 rings (SSSR count). The molecule has 2 aliphatic carbocycles. The second-order valence-electron chi connectivity index (χ2n) is 3.65. The average molecular weight is 389 g/mol. The molecule has 112 valence electrons. The zero-order chi connectivity index (χ0) is 15.1. The number of hydrogen-bond acceptors (Lipinski definition) is 3. The van der Waals surface area contributed by atoms with Gasteiger partial charge in [0.05, 0.1) is 0 Å². The Hall–Kier alpha value is -0.418. The van der Waals surface area contributed by atoms with Gasteiger partial charge < -0.3 is 4.55 Å². The van der Waals surface area contributed by atoms with E-state index < -0.39 is 15.6 Å². The van der Waals surface area contributed by atoms with Crippen molar-refractivity contribution < 1.29 is 45.3 Å². The van der Waals surface area contributed by atoms with Gasteiger partial charge in [-0.3, -0.25) is 0 Å². The minimum atomic E-state index is -6.09. The number of allylic oxidation sites excluding steroid dienone is 5. The Balaban J connectivity index is 0.000000271. The molecule has 2 bridgehead atoms. The second kappa shape index (κ2) is 8.00. The average Bonchev–Trinajstić information content (AvgIpc) is 2.91. The van der Waals surface area contributed by atoms with Crippen LogP contribution < -0.4 is 0 Å². The summed E-state index contributed by atoms with van der Waals surface area (Å²) in [4.78, 5) is 0.933. The van der Waals surface area contributed by atoms with Crippen molar-refractivity contribution in [2.45, 2.75) is 16.8 Å². The number of rotatable bonds is 1. The van der Waals surface area contributed by atoms with Crippen molar-refractivity contribution in [3.63, 3.8) is 0 Å². The minimum Gasteiger partial charge on any atom is -0.741 e. The third kappa shape index (κ3) is 7.68. The molecule has 3 nitrogen and oxygen atoms in total. The summed E-state index contributed by atoms with van der Waals surface area (Å²) in [6.07, 6.45) is 12.4. The smallest absolute Gasteiger partial charge is 0.485 e. The Kier molecular flexibility index (Phi) is 7.82. The van der Waals surface area contributed by atoms with Gasteiger partial charge in [-0.25, -0.2) is 8.42 Å². The molecule has 0 aliphatic heterocycles. The fourth-order valence-corrected chi connectivity index (χ4v) is 1.33. The summed E-state index contributed by atoms with van der Waals surface area (Å²) >= 11 is 2.92. The molecule has 8 heteroatoms. The molecule has 0 aromatic heterocycles. The number of halogens is 3. The van der Waals surface area contributed by atoms with Crippen molar-refractivity contribution in [3.8, 4) is 0 Å². The fraction of sp³-hybridized carbons (Fsp3) is 0.455. The van der Waals surface area contributed by atoms with Gasteiger partial charge in [0.2, 0.25) is 0 Å². The Labute approximate surface area is 121 Å². The normalized spacial score (nSPS) is 23.3. The van der Waals surface area contributed by atoms with Crippen molar-refractivity contribution in [1.82, 2.24) is 0 Å². The van der Waals surface area contributed by atoms with E-state index in [1.165, 1.54) is 6.42 Å². The SMILES string of the molecule is C1=CC2C=CC1C2.C=C[CH2][Pd+].O=S(=O)([O-])C(F)(F)F. The first kappa shape index (κ1) is 18.6. The predicted octanol–water partition coefficient (Wildman–Crippen LogP) is 2.94. The van der Waals surface area contributed by atoms with E-state index in [0.29, 0.717) is 0 Å². The molecule has 0 spiro atoms. The molecule has 0 unspecified atom stereocenters. The summed E-state index contributed by atoms with van der Waals surface area (Å²) in [5.74, 6) is 1.62. The van der Waals surface area contributed by atoms with Gasteiger partial charge in [-0.15, -0.1) is 0 Å². The minimum absolute atomic E-state index is 0.810. The Bertz CT molecular complexity index is 413. The zero-order valence-corrected chi connectivity index (χ0v) is 12.1. The van der Waals surface area contributed by atoms with Gasteiger partial charge in [0.1, 0.15) is 0 Å². The molecule has 0 amide bonds. The number of hydrogen-bond donors (Lipinski definition) is 0. The van der Waals surface area contributed by atoms with E-state index in [9.17, 15) is 13.2 Å². The Morgan fingerprint density at radius 2 is 1.53 bits per heavy atom. The fourth-order valence-electron chi connectivity index (χ4n) is 1.33. The standard InChI is InChI=1S/C7H8.C3H5.CHF3O3S.Pd/c1-2-7-4-3-6(1)5-7;1-3-2;2-1(3,4)8(5,6)7;/h1-4,6-7H,5H2;3H,1-2H2;(H,5,6,7);/q;;;+1/p-1. The molecule has 0 N–H and O–H groups in total. The zero-order valence-electron chi connectivity index (χ0n) is 9.75. The van der Waals surface area contributed by atoms with Crippen molar-refractivity contribution in [1.29, 1.82) is 0 Å². The van der Waals surface area contributed by atoms with Gasteiger partial charge in [-0.2, -0.15) is 13.2 Å². The van der Waals surface area contributed by atoms with Crippen molar-refractivity contribution in [2.24, 2.45) is 11.8 Å². The summed E-state index contributed by atoms with van der Waals surface area (Å²) in [7, 11) is -6.09. The molecule has 0 heterocycles. The van der Waals surface area contributed by atoms with E-state index in [1.54, 1.807) is 0 Å². The van der Waals surface area contributed by atoms with Crippen molar-refractivity contribution in [3.05, 3.63) is 37.0 Å². The van der Waals surface area contributed by atoms with E-state index in [0.717, 1.165) is 16.7 Å². The van der Waals surface area contributed by atoms with E-state index in [-0.39, 0.29) is 0 Å². The summed E-state index contributed by atoms with van der Waals surface area (Å²) in [5, 5.41) is 0. The molecule has 2 aliphatic rings. The molecule has 0 aromatic carbocycles. The predicted molar refractivity (Wildman–Crippen MR) is 60.6 cm³/mol. The van der Waals surface area contributed by atoms with Crippen LogP contribution >= 0.6 is 0 Å². The maximum atomic E-state index is 10.7. The van der Waals surface area contributed by atoms with Crippen LogP contribution in [0.3, 0.4) is 0 Å². The molecular weight excluding hydrogens is 376 g/mol. The van der Waals surface area contributed by atoms with Gasteiger partial charge in [-0.1, -0.05) is 24.3 Å². The van der Waals surface area contributed by atoms with Crippen LogP contribution in [0, 0.1) is 11.8 Å². The molecule has 0 radical (unpaired) electrons. The molecular formula is C11H13F3O3PdS. The summed E-state index contributed by atoms with van der Waals surface area (Å²) in [6, 6.07) is 0. The van der Waals surface area contributed by atoms with Gasteiger partial charge in [0.15, 0.2) is 10.1 Å². The number of fused-ring (bicyclic) bond motifs is 2. The van der Waals surface area contributed by atoms with Crippen molar-refractivity contribution >= 4 is 10.1 Å². The third-order valence-corrected chi connectivity index (χ3v) is 3.15. The van der Waals surface area contributed by atoms with E-state index >= 15 is 0 Å². The van der Waals surface area contributed by atoms with E-state index in [4.69, 9.17) is 13.0 Å². The molecule has 0 atom stereocenters. The second-order valence-corrected chi connectivity index (χ2v) is 5.66. The topological polar surface area (TPSA) is 57.2 Å². The Morgan fingerprint density at radius 1 is 1.26 bits per heavy atom. The van der Waals surface area contributed by atoms with Crippen LogP contribution in [0.25, 0.3) is 0 Å². The molecule has 0 fully saturated rings. The third-order valence-electron chi connectivity index (χ3n) is 2.13. The van der Waals surface area contributed by atoms with Crippen LogP contribution in [0.4, 0.5) is 13.2 Å². The van der Waals surface area contributed by atoms with Gasteiger partial charge >= 0.3 is 42.3 Å². The first-order valence-electron chi connectivity index (χ1n) is 5.13.